The topological polar surface area (TPSA) is 87.7 Å². The molecule has 1 aliphatic carbocycles. The summed E-state index contributed by atoms with van der Waals surface area (Å²) in [6.45, 7) is 5.24. The lowest BCUT2D eigenvalue weighted by Gasteiger charge is -2.22. The molecule has 1 saturated carbocycles. The fraction of sp³-hybridized carbons (Fsp3) is 0.370. The zero-order valence-corrected chi connectivity index (χ0v) is 19.8. The monoisotopic (exact) mass is 463 g/mol. The van der Waals surface area contributed by atoms with Crippen LogP contribution in [0, 0.1) is 0 Å². The number of rotatable bonds is 11. The molecule has 1 aliphatic rings. The van der Waals surface area contributed by atoms with Gasteiger partial charge in [0.1, 0.15) is 12.6 Å². The van der Waals surface area contributed by atoms with Crippen LogP contribution >= 0.6 is 0 Å². The van der Waals surface area contributed by atoms with Crippen molar-refractivity contribution in [2.75, 3.05) is 13.1 Å². The summed E-state index contributed by atoms with van der Waals surface area (Å²) in [4.78, 5) is 39.7. The van der Waals surface area contributed by atoms with Crippen LogP contribution in [0.15, 0.2) is 72.8 Å². The maximum atomic E-state index is 13.2. The van der Waals surface area contributed by atoms with E-state index in [1.807, 2.05) is 74.5 Å². The molecule has 3 rings (SSSR count). The molecule has 3 amide bonds. The number of ether oxygens (including phenoxy) is 1. The van der Waals surface area contributed by atoms with Gasteiger partial charge < -0.3 is 20.3 Å². The third-order valence-corrected chi connectivity index (χ3v) is 5.88. The molecule has 7 heteroatoms. The molecule has 0 heterocycles. The molecule has 0 spiro atoms. The number of amides is 3. The van der Waals surface area contributed by atoms with Gasteiger partial charge in [-0.15, -0.1) is 0 Å². The van der Waals surface area contributed by atoms with E-state index < -0.39 is 17.7 Å². The molecule has 0 saturated heterocycles. The molecule has 7 nitrogen and oxygen atoms in total. The molecule has 0 radical (unpaired) electrons. The summed E-state index contributed by atoms with van der Waals surface area (Å²) in [5.74, 6) is -0.382. The average molecular weight is 464 g/mol. The van der Waals surface area contributed by atoms with Gasteiger partial charge in [0.05, 0.1) is 5.54 Å². The van der Waals surface area contributed by atoms with Gasteiger partial charge in [0.15, 0.2) is 0 Å². The fourth-order valence-corrected chi connectivity index (χ4v) is 3.64. The molecule has 2 N–H and O–H groups in total. The first-order chi connectivity index (χ1) is 16.4. The molecule has 0 aliphatic heterocycles. The van der Waals surface area contributed by atoms with Crippen molar-refractivity contribution in [3.8, 4) is 0 Å². The van der Waals surface area contributed by atoms with Gasteiger partial charge in [-0.25, -0.2) is 4.79 Å². The van der Waals surface area contributed by atoms with Crippen molar-refractivity contribution in [2.24, 2.45) is 0 Å². The SMILES string of the molecule is CCN(CC)C(=O)/C=C/C1(NC(=O)[C@H](Cc2ccccc2)NC(=O)OCc2ccccc2)CC1. The molecule has 0 aromatic heterocycles. The maximum Gasteiger partial charge on any atom is 0.408 e. The number of nitrogens with one attached hydrogen (secondary N) is 2. The van der Waals surface area contributed by atoms with Crippen molar-refractivity contribution < 1.29 is 19.1 Å². The van der Waals surface area contributed by atoms with Crippen LogP contribution in [-0.2, 0) is 27.4 Å². The third kappa shape index (κ3) is 7.47. The number of nitrogens with zero attached hydrogens (tertiary/aromatic N) is 1. The fourth-order valence-electron chi connectivity index (χ4n) is 3.64. The second-order valence-corrected chi connectivity index (χ2v) is 8.44. The minimum absolute atomic E-state index is 0.0750. The molecule has 1 atom stereocenters. The van der Waals surface area contributed by atoms with Crippen molar-refractivity contribution >= 4 is 17.9 Å². The van der Waals surface area contributed by atoms with E-state index in [-0.39, 0.29) is 18.4 Å². The Kier molecular flexibility index (Phi) is 8.85. The molecular weight excluding hydrogens is 430 g/mol. The average Bonchev–Trinajstić information content (AvgIpc) is 3.62. The first-order valence-corrected chi connectivity index (χ1v) is 11.8. The molecule has 1 fully saturated rings. The van der Waals surface area contributed by atoms with E-state index in [4.69, 9.17) is 4.74 Å². The normalized spacial score (nSPS) is 14.8. The highest BCUT2D eigenvalue weighted by Crippen LogP contribution is 2.37. The summed E-state index contributed by atoms with van der Waals surface area (Å²) in [6.07, 6.45) is 4.48. The summed E-state index contributed by atoms with van der Waals surface area (Å²) in [6, 6.07) is 18.1. The Morgan fingerprint density at radius 3 is 2.12 bits per heavy atom. The smallest absolute Gasteiger partial charge is 0.408 e. The Morgan fingerprint density at radius 2 is 1.56 bits per heavy atom. The quantitative estimate of drug-likeness (QED) is 0.499. The highest BCUT2D eigenvalue weighted by atomic mass is 16.5. The van der Waals surface area contributed by atoms with Gasteiger partial charge in [-0.1, -0.05) is 66.7 Å². The zero-order chi connectivity index (χ0) is 24.4. The van der Waals surface area contributed by atoms with Crippen molar-refractivity contribution in [2.45, 2.75) is 51.3 Å². The summed E-state index contributed by atoms with van der Waals surface area (Å²) in [5, 5.41) is 5.75. The van der Waals surface area contributed by atoms with Gasteiger partial charge in [-0.05, 0) is 37.8 Å². The highest BCUT2D eigenvalue weighted by molar-refractivity contribution is 5.89. The summed E-state index contributed by atoms with van der Waals surface area (Å²) in [5.41, 5.74) is 1.23. The predicted molar refractivity (Wildman–Crippen MR) is 131 cm³/mol. The Bertz CT molecular complexity index is 983. The van der Waals surface area contributed by atoms with E-state index in [1.165, 1.54) is 6.08 Å². The van der Waals surface area contributed by atoms with E-state index in [0.29, 0.717) is 19.5 Å². The Labute approximate surface area is 201 Å². The van der Waals surface area contributed by atoms with E-state index in [2.05, 4.69) is 10.6 Å². The van der Waals surface area contributed by atoms with Crippen LogP contribution in [0.1, 0.15) is 37.8 Å². The first kappa shape index (κ1) is 25.0. The second kappa shape index (κ2) is 12.0. The van der Waals surface area contributed by atoms with Gasteiger partial charge >= 0.3 is 6.09 Å². The van der Waals surface area contributed by atoms with E-state index in [1.54, 1.807) is 11.0 Å². The minimum atomic E-state index is -0.810. The van der Waals surface area contributed by atoms with Crippen LogP contribution in [0.2, 0.25) is 0 Å². The Hall–Kier alpha value is -3.61. The number of hydrogen-bond acceptors (Lipinski definition) is 4. The van der Waals surface area contributed by atoms with Crippen LogP contribution in [0.4, 0.5) is 4.79 Å². The molecule has 0 bridgehead atoms. The summed E-state index contributed by atoms with van der Waals surface area (Å²) >= 11 is 0. The van der Waals surface area contributed by atoms with Crippen LogP contribution in [0.25, 0.3) is 0 Å². The number of carbonyl (C=O) groups excluding carboxylic acids is 3. The van der Waals surface area contributed by atoms with Crippen LogP contribution in [0.3, 0.4) is 0 Å². The van der Waals surface area contributed by atoms with Gasteiger partial charge in [-0.2, -0.15) is 0 Å². The maximum absolute atomic E-state index is 13.2. The lowest BCUT2D eigenvalue weighted by Crippen LogP contribution is -2.51. The van der Waals surface area contributed by atoms with Crippen molar-refractivity contribution in [1.29, 1.82) is 0 Å². The minimum Gasteiger partial charge on any atom is -0.445 e. The summed E-state index contributed by atoms with van der Waals surface area (Å²) < 4.78 is 5.33. The largest absolute Gasteiger partial charge is 0.445 e. The van der Waals surface area contributed by atoms with Gasteiger partial charge in [0, 0.05) is 25.6 Å². The lowest BCUT2D eigenvalue weighted by atomic mass is 10.0. The van der Waals surface area contributed by atoms with Crippen LogP contribution in [-0.4, -0.2) is 47.5 Å². The van der Waals surface area contributed by atoms with Gasteiger partial charge in [0.2, 0.25) is 11.8 Å². The third-order valence-electron chi connectivity index (χ3n) is 5.88. The van der Waals surface area contributed by atoms with E-state index >= 15 is 0 Å². The zero-order valence-electron chi connectivity index (χ0n) is 19.8. The molecule has 34 heavy (non-hydrogen) atoms. The van der Waals surface area contributed by atoms with Crippen LogP contribution < -0.4 is 10.6 Å². The number of benzene rings is 2. The molecular formula is C27H33N3O4. The molecule has 2 aromatic rings. The molecule has 0 unspecified atom stereocenters. The lowest BCUT2D eigenvalue weighted by molar-refractivity contribution is -0.126. The highest BCUT2D eigenvalue weighted by Gasteiger charge is 2.43. The number of alkyl carbamates (subject to hydrolysis) is 1. The Morgan fingerprint density at radius 1 is 0.971 bits per heavy atom. The summed E-state index contributed by atoms with van der Waals surface area (Å²) in [7, 11) is 0. The van der Waals surface area contributed by atoms with Gasteiger partial charge in [-0.3, -0.25) is 9.59 Å². The first-order valence-electron chi connectivity index (χ1n) is 11.8. The molecule has 180 valence electrons. The number of hydrogen-bond donors (Lipinski definition) is 2. The van der Waals surface area contributed by atoms with Crippen molar-refractivity contribution in [3.05, 3.63) is 83.9 Å². The van der Waals surface area contributed by atoms with Crippen LogP contribution in [0.5, 0.6) is 0 Å². The Balaban J connectivity index is 1.64. The molecule has 2 aromatic carbocycles. The standard InChI is InChI=1S/C27H33N3O4/c1-3-30(4-2)24(31)15-16-27(17-18-27)29-25(32)23(19-21-11-7-5-8-12-21)28-26(33)34-20-22-13-9-6-10-14-22/h5-16,23H,3-4,17-20H2,1-2H3,(H,28,33)(H,29,32)/b16-15+/t23-/m0/s1. The second-order valence-electron chi connectivity index (χ2n) is 8.44. The predicted octanol–water partition coefficient (Wildman–Crippen LogP) is 3.60. The van der Waals surface area contributed by atoms with Crippen molar-refractivity contribution in [3.63, 3.8) is 0 Å². The van der Waals surface area contributed by atoms with Crippen molar-refractivity contribution in [1.82, 2.24) is 15.5 Å². The number of likely N-dealkylation sites (N-methyl/N-ethyl adjacent to an activating group) is 1. The number of carbonyl (C=O) groups is 3. The van der Waals surface area contributed by atoms with Gasteiger partial charge in [0.25, 0.3) is 0 Å². The van der Waals surface area contributed by atoms with E-state index in [9.17, 15) is 14.4 Å². The van der Waals surface area contributed by atoms with E-state index in [0.717, 1.165) is 24.0 Å².